The number of nitrogens with one attached hydrogen (secondary N) is 2. The minimum Gasteiger partial charge on any atom is -0.364 e. The van der Waals surface area contributed by atoms with Crippen molar-refractivity contribution in [1.82, 2.24) is 15.5 Å². The first kappa shape index (κ1) is 20.2. The predicted molar refractivity (Wildman–Crippen MR) is 116 cm³/mol. The van der Waals surface area contributed by atoms with Gasteiger partial charge in [-0.25, -0.2) is 0 Å². The monoisotopic (exact) mass is 383 g/mol. The molecule has 0 radical (unpaired) electrons. The Hall–Kier alpha value is -2.50. The number of carbonyl (C=O) groups excluding carboxylic acids is 1. The molecule has 0 spiro atoms. The van der Waals surface area contributed by atoms with Crippen LogP contribution in [0.4, 0.5) is 5.69 Å². The lowest BCUT2D eigenvalue weighted by Gasteiger charge is -2.31. The van der Waals surface area contributed by atoms with E-state index in [1.165, 1.54) is 11.3 Å². The smallest absolute Gasteiger partial charge is 0.230 e. The van der Waals surface area contributed by atoms with Gasteiger partial charge in [-0.3, -0.25) is 9.79 Å². The molecule has 1 aliphatic carbocycles. The van der Waals surface area contributed by atoms with Gasteiger partial charge in [-0.15, -0.1) is 0 Å². The van der Waals surface area contributed by atoms with Crippen molar-refractivity contribution in [3.05, 3.63) is 42.0 Å². The van der Waals surface area contributed by atoms with Crippen molar-refractivity contribution in [2.45, 2.75) is 32.2 Å². The molecule has 1 aliphatic heterocycles. The summed E-state index contributed by atoms with van der Waals surface area (Å²) in [4.78, 5) is 21.1. The number of rotatable bonds is 6. The van der Waals surface area contributed by atoms with Gasteiger partial charge in [-0.2, -0.15) is 0 Å². The Morgan fingerprint density at radius 3 is 2.32 bits per heavy atom. The Morgan fingerprint density at radius 1 is 1.11 bits per heavy atom. The predicted octanol–water partition coefficient (Wildman–Crippen LogP) is 2.38. The largest absolute Gasteiger partial charge is 0.364 e. The fourth-order valence-electron chi connectivity index (χ4n) is 4.17. The highest BCUT2D eigenvalue weighted by molar-refractivity contribution is 5.85. The van der Waals surface area contributed by atoms with Crippen molar-refractivity contribution in [2.24, 2.45) is 10.4 Å². The van der Waals surface area contributed by atoms with Gasteiger partial charge in [0, 0.05) is 53.0 Å². The van der Waals surface area contributed by atoms with E-state index >= 15 is 0 Å². The summed E-state index contributed by atoms with van der Waals surface area (Å²) in [5.74, 6) is 0.964. The molecule has 0 saturated heterocycles. The normalized spacial score (nSPS) is 18.4. The molecule has 152 valence electrons. The summed E-state index contributed by atoms with van der Waals surface area (Å²) < 4.78 is 0. The molecular weight excluding hydrogens is 350 g/mol. The molecule has 2 N–H and O–H groups in total. The van der Waals surface area contributed by atoms with Crippen LogP contribution in [0, 0.1) is 5.41 Å². The van der Waals surface area contributed by atoms with Crippen LogP contribution >= 0.6 is 0 Å². The molecular formula is C22H33N5O. The summed E-state index contributed by atoms with van der Waals surface area (Å²) >= 11 is 0. The van der Waals surface area contributed by atoms with E-state index in [2.05, 4.69) is 56.9 Å². The molecule has 6 nitrogen and oxygen atoms in total. The van der Waals surface area contributed by atoms with Crippen LogP contribution in [0.3, 0.4) is 0 Å². The van der Waals surface area contributed by atoms with Crippen molar-refractivity contribution in [1.29, 1.82) is 0 Å². The van der Waals surface area contributed by atoms with E-state index in [-0.39, 0.29) is 11.3 Å². The molecule has 3 rings (SSSR count). The van der Waals surface area contributed by atoms with Crippen molar-refractivity contribution in [3.63, 3.8) is 0 Å². The van der Waals surface area contributed by atoms with Gasteiger partial charge in [0.25, 0.3) is 0 Å². The first-order valence-corrected chi connectivity index (χ1v) is 10.2. The zero-order valence-electron chi connectivity index (χ0n) is 17.4. The van der Waals surface area contributed by atoms with Crippen LogP contribution in [-0.2, 0) is 11.3 Å². The van der Waals surface area contributed by atoms with Gasteiger partial charge in [0.1, 0.15) is 0 Å². The summed E-state index contributed by atoms with van der Waals surface area (Å²) in [6.45, 7) is 3.31. The number of amides is 1. The molecule has 1 heterocycles. The first-order chi connectivity index (χ1) is 13.5. The number of hydrogen-bond donors (Lipinski definition) is 2. The third-order valence-electron chi connectivity index (χ3n) is 5.82. The second-order valence-corrected chi connectivity index (χ2v) is 8.01. The SMILES string of the molecule is CN=C(NCc1ccc(N2CC=CC2)cc1)NCC1(C(=O)N(C)C)CCCC1. The van der Waals surface area contributed by atoms with Crippen LogP contribution in [-0.4, -0.2) is 57.5 Å². The lowest BCUT2D eigenvalue weighted by molar-refractivity contribution is -0.138. The van der Waals surface area contributed by atoms with E-state index < -0.39 is 0 Å². The molecule has 2 aliphatic rings. The lowest BCUT2D eigenvalue weighted by atomic mass is 9.84. The molecule has 0 unspecified atom stereocenters. The van der Waals surface area contributed by atoms with Crippen LogP contribution in [0.25, 0.3) is 0 Å². The number of hydrogen-bond acceptors (Lipinski definition) is 3. The average molecular weight is 384 g/mol. The molecule has 1 aromatic rings. The van der Waals surface area contributed by atoms with Crippen LogP contribution in [0.1, 0.15) is 31.2 Å². The minimum absolute atomic E-state index is 0.222. The van der Waals surface area contributed by atoms with E-state index in [1.807, 2.05) is 14.1 Å². The third-order valence-corrected chi connectivity index (χ3v) is 5.82. The number of guanidine groups is 1. The number of aliphatic imine (C=N–C) groups is 1. The number of benzene rings is 1. The summed E-state index contributed by atoms with van der Waals surface area (Å²) in [5.41, 5.74) is 2.16. The lowest BCUT2D eigenvalue weighted by Crippen LogP contribution is -2.49. The minimum atomic E-state index is -0.299. The van der Waals surface area contributed by atoms with E-state index in [4.69, 9.17) is 0 Å². The highest BCUT2D eigenvalue weighted by Crippen LogP contribution is 2.38. The van der Waals surface area contributed by atoms with Gasteiger partial charge in [0.05, 0.1) is 5.41 Å². The van der Waals surface area contributed by atoms with Crippen molar-refractivity contribution >= 4 is 17.6 Å². The summed E-state index contributed by atoms with van der Waals surface area (Å²) in [6, 6.07) is 8.65. The van der Waals surface area contributed by atoms with Crippen molar-refractivity contribution in [2.75, 3.05) is 45.7 Å². The molecule has 0 atom stereocenters. The summed E-state index contributed by atoms with van der Waals surface area (Å²) in [7, 11) is 5.46. The molecule has 28 heavy (non-hydrogen) atoms. The molecule has 1 fully saturated rings. The van der Waals surface area contributed by atoms with E-state index in [1.54, 1.807) is 11.9 Å². The second-order valence-electron chi connectivity index (χ2n) is 8.01. The van der Waals surface area contributed by atoms with E-state index in [9.17, 15) is 4.79 Å². The Balaban J connectivity index is 1.52. The van der Waals surface area contributed by atoms with Gasteiger partial charge < -0.3 is 20.4 Å². The molecule has 6 heteroatoms. The highest BCUT2D eigenvalue weighted by Gasteiger charge is 2.42. The fraction of sp³-hybridized carbons (Fsp3) is 0.545. The second kappa shape index (κ2) is 9.13. The quantitative estimate of drug-likeness (QED) is 0.450. The Kier molecular flexibility index (Phi) is 6.60. The maximum absolute atomic E-state index is 12.7. The van der Waals surface area contributed by atoms with Crippen molar-refractivity contribution < 1.29 is 4.79 Å². The Labute approximate surface area is 168 Å². The summed E-state index contributed by atoms with van der Waals surface area (Å²) in [5, 5.41) is 6.76. The van der Waals surface area contributed by atoms with Crippen LogP contribution < -0.4 is 15.5 Å². The standard InChI is InChI=1S/C22H33N5O/c1-23-21(25-17-22(12-4-5-13-22)20(28)26(2)3)24-16-18-8-10-19(11-9-18)27-14-6-7-15-27/h6-11H,4-5,12-17H2,1-3H3,(H2,23,24,25). The third kappa shape index (κ3) is 4.66. The maximum Gasteiger partial charge on any atom is 0.230 e. The van der Waals surface area contributed by atoms with E-state index in [0.29, 0.717) is 13.1 Å². The maximum atomic E-state index is 12.7. The van der Waals surface area contributed by atoms with Gasteiger partial charge in [-0.1, -0.05) is 37.1 Å². The highest BCUT2D eigenvalue weighted by atomic mass is 16.2. The Bertz CT molecular complexity index is 709. The Morgan fingerprint density at radius 2 is 1.75 bits per heavy atom. The van der Waals surface area contributed by atoms with Crippen LogP contribution in [0.2, 0.25) is 0 Å². The average Bonchev–Trinajstić information content (AvgIpc) is 3.41. The number of anilines is 1. The van der Waals surface area contributed by atoms with Crippen molar-refractivity contribution in [3.8, 4) is 0 Å². The van der Waals surface area contributed by atoms with Gasteiger partial charge in [0.15, 0.2) is 5.96 Å². The van der Waals surface area contributed by atoms with Gasteiger partial charge in [0.2, 0.25) is 5.91 Å². The van der Waals surface area contributed by atoms with Crippen LogP contribution in [0.15, 0.2) is 41.4 Å². The topological polar surface area (TPSA) is 60.0 Å². The van der Waals surface area contributed by atoms with Gasteiger partial charge >= 0.3 is 0 Å². The molecule has 1 aromatic carbocycles. The first-order valence-electron chi connectivity index (χ1n) is 10.2. The zero-order chi connectivity index (χ0) is 20.0. The molecule has 1 saturated carbocycles. The van der Waals surface area contributed by atoms with Crippen LogP contribution in [0.5, 0.6) is 0 Å². The number of carbonyl (C=O) groups is 1. The molecule has 0 aromatic heterocycles. The fourth-order valence-corrected chi connectivity index (χ4v) is 4.17. The zero-order valence-corrected chi connectivity index (χ0v) is 17.4. The van der Waals surface area contributed by atoms with Gasteiger partial charge in [-0.05, 0) is 30.5 Å². The molecule has 0 bridgehead atoms. The summed E-state index contributed by atoms with van der Waals surface area (Å²) in [6.07, 6.45) is 8.52. The number of nitrogens with zero attached hydrogens (tertiary/aromatic N) is 3. The molecule has 1 amide bonds. The van der Waals surface area contributed by atoms with E-state index in [0.717, 1.165) is 44.7 Å².